The first-order chi connectivity index (χ1) is 9.51. The Morgan fingerprint density at radius 1 is 1.30 bits per heavy atom. The van der Waals surface area contributed by atoms with Crippen molar-refractivity contribution in [1.29, 1.82) is 0 Å². The van der Waals surface area contributed by atoms with Crippen molar-refractivity contribution in [3.63, 3.8) is 0 Å². The fourth-order valence-electron chi connectivity index (χ4n) is 2.03. The summed E-state index contributed by atoms with van der Waals surface area (Å²) in [4.78, 5) is 25.6. The summed E-state index contributed by atoms with van der Waals surface area (Å²) < 4.78 is 4.78. The van der Waals surface area contributed by atoms with E-state index in [0.29, 0.717) is 13.0 Å². The highest BCUT2D eigenvalue weighted by atomic mass is 16.5. The van der Waals surface area contributed by atoms with Crippen LogP contribution in [0.4, 0.5) is 0 Å². The number of carbonyl (C=O) groups excluding carboxylic acids is 2. The molecule has 20 heavy (non-hydrogen) atoms. The van der Waals surface area contributed by atoms with Gasteiger partial charge in [-0.2, -0.15) is 0 Å². The lowest BCUT2D eigenvalue weighted by molar-refractivity contribution is -0.154. The maximum absolute atomic E-state index is 12.3. The average molecular weight is 278 g/mol. The minimum absolute atomic E-state index is 0.258. The smallest absolute Gasteiger partial charge is 0.328 e. The molecule has 0 aliphatic heterocycles. The molecule has 0 spiro atoms. The van der Waals surface area contributed by atoms with E-state index in [4.69, 9.17) is 10.5 Å². The van der Waals surface area contributed by atoms with Gasteiger partial charge in [-0.25, -0.2) is 4.79 Å². The Morgan fingerprint density at radius 2 is 1.90 bits per heavy atom. The Morgan fingerprint density at radius 3 is 2.35 bits per heavy atom. The van der Waals surface area contributed by atoms with Gasteiger partial charge in [0.15, 0.2) is 0 Å². The summed E-state index contributed by atoms with van der Waals surface area (Å²) in [6.07, 6.45) is 0.484. The Labute approximate surface area is 119 Å². The van der Waals surface area contributed by atoms with Crippen LogP contribution in [0.1, 0.15) is 25.8 Å². The van der Waals surface area contributed by atoms with Crippen LogP contribution < -0.4 is 5.73 Å². The first kappa shape index (κ1) is 16.2. The molecule has 5 heteroatoms. The predicted octanol–water partition coefficient (Wildman–Crippen LogP) is 1.31. The number of carbonyl (C=O) groups is 2. The second-order valence-corrected chi connectivity index (χ2v) is 4.69. The van der Waals surface area contributed by atoms with Gasteiger partial charge in [-0.05, 0) is 18.9 Å². The number of nitrogens with zero attached hydrogens (tertiary/aromatic N) is 1. The highest BCUT2D eigenvalue weighted by molar-refractivity contribution is 5.87. The molecule has 1 aromatic rings. The second kappa shape index (κ2) is 7.65. The third-order valence-corrected chi connectivity index (χ3v) is 3.10. The van der Waals surface area contributed by atoms with Gasteiger partial charge in [-0.3, -0.25) is 4.79 Å². The second-order valence-electron chi connectivity index (χ2n) is 4.69. The molecule has 1 amide bonds. The van der Waals surface area contributed by atoms with Crippen molar-refractivity contribution in [2.45, 2.75) is 38.9 Å². The highest BCUT2D eigenvalue weighted by Gasteiger charge is 2.30. The van der Waals surface area contributed by atoms with Crippen LogP contribution in [0.2, 0.25) is 0 Å². The number of hydrogen-bond acceptors (Lipinski definition) is 4. The fraction of sp³-hybridized carbons (Fsp3) is 0.467. The topological polar surface area (TPSA) is 72.6 Å². The van der Waals surface area contributed by atoms with E-state index in [1.165, 1.54) is 12.0 Å². The Hall–Kier alpha value is -1.88. The standard InChI is InChI=1S/C15H22N2O3/c1-4-13(15(19)20-3)17(14(18)11(2)16)10-12-8-6-5-7-9-12/h5-9,11,13H,4,10,16H2,1-3H3/t11-,13+/m1/s1. The van der Waals surface area contributed by atoms with Crippen LogP contribution in [0.5, 0.6) is 0 Å². The zero-order chi connectivity index (χ0) is 15.1. The lowest BCUT2D eigenvalue weighted by Gasteiger charge is -2.30. The summed E-state index contributed by atoms with van der Waals surface area (Å²) in [5, 5.41) is 0. The third kappa shape index (κ3) is 4.06. The average Bonchev–Trinajstić information content (AvgIpc) is 2.46. The van der Waals surface area contributed by atoms with E-state index in [0.717, 1.165) is 5.56 Å². The van der Waals surface area contributed by atoms with E-state index in [-0.39, 0.29) is 5.91 Å². The Balaban J connectivity index is 3.01. The summed E-state index contributed by atoms with van der Waals surface area (Å²) in [7, 11) is 1.32. The molecule has 0 radical (unpaired) electrons. The molecule has 1 aromatic carbocycles. The van der Waals surface area contributed by atoms with Crippen LogP contribution in [0.25, 0.3) is 0 Å². The summed E-state index contributed by atoms with van der Waals surface area (Å²) in [6, 6.07) is 8.23. The third-order valence-electron chi connectivity index (χ3n) is 3.10. The lowest BCUT2D eigenvalue weighted by Crippen LogP contribution is -2.50. The van der Waals surface area contributed by atoms with Crippen molar-refractivity contribution < 1.29 is 14.3 Å². The number of esters is 1. The van der Waals surface area contributed by atoms with E-state index in [2.05, 4.69) is 0 Å². The summed E-state index contributed by atoms with van der Waals surface area (Å²) in [5.74, 6) is -0.677. The predicted molar refractivity (Wildman–Crippen MR) is 76.7 cm³/mol. The fourth-order valence-corrected chi connectivity index (χ4v) is 2.03. The molecule has 0 heterocycles. The molecule has 0 aromatic heterocycles. The maximum Gasteiger partial charge on any atom is 0.328 e. The molecule has 0 fully saturated rings. The molecule has 0 saturated carbocycles. The van der Waals surface area contributed by atoms with Crippen LogP contribution in [-0.2, 0) is 20.9 Å². The van der Waals surface area contributed by atoms with E-state index in [1.807, 2.05) is 37.3 Å². The zero-order valence-corrected chi connectivity index (χ0v) is 12.2. The van der Waals surface area contributed by atoms with Gasteiger partial charge in [-0.1, -0.05) is 37.3 Å². The van der Waals surface area contributed by atoms with Crippen LogP contribution >= 0.6 is 0 Å². The van der Waals surface area contributed by atoms with Gasteiger partial charge in [0.05, 0.1) is 13.2 Å². The van der Waals surface area contributed by atoms with Gasteiger partial charge in [-0.15, -0.1) is 0 Å². The zero-order valence-electron chi connectivity index (χ0n) is 12.2. The molecular weight excluding hydrogens is 256 g/mol. The van der Waals surface area contributed by atoms with E-state index >= 15 is 0 Å². The lowest BCUT2D eigenvalue weighted by atomic mass is 10.1. The van der Waals surface area contributed by atoms with Crippen molar-refractivity contribution in [3.8, 4) is 0 Å². The summed E-state index contributed by atoms with van der Waals surface area (Å²) >= 11 is 0. The molecule has 0 saturated heterocycles. The number of methoxy groups -OCH3 is 1. The number of nitrogens with two attached hydrogens (primary N) is 1. The quantitative estimate of drug-likeness (QED) is 0.796. The normalized spacial score (nSPS) is 13.4. The SMILES string of the molecule is CC[C@@H](C(=O)OC)N(Cc1ccccc1)C(=O)[C@@H](C)N. The molecule has 110 valence electrons. The Bertz CT molecular complexity index is 446. The Kier molecular flexibility index (Phi) is 6.18. The number of benzene rings is 1. The van der Waals surface area contributed by atoms with Crippen molar-refractivity contribution in [2.75, 3.05) is 7.11 Å². The van der Waals surface area contributed by atoms with E-state index in [9.17, 15) is 9.59 Å². The van der Waals surface area contributed by atoms with Crippen molar-refractivity contribution in [2.24, 2.45) is 5.73 Å². The monoisotopic (exact) mass is 278 g/mol. The van der Waals surface area contributed by atoms with E-state index < -0.39 is 18.1 Å². The number of ether oxygens (including phenoxy) is 1. The molecule has 0 unspecified atom stereocenters. The van der Waals surface area contributed by atoms with Gasteiger partial charge in [0.1, 0.15) is 6.04 Å². The number of rotatable bonds is 6. The van der Waals surface area contributed by atoms with Gasteiger partial charge in [0, 0.05) is 6.54 Å². The van der Waals surface area contributed by atoms with Crippen LogP contribution in [-0.4, -0.2) is 36.0 Å². The maximum atomic E-state index is 12.3. The first-order valence-electron chi connectivity index (χ1n) is 6.69. The van der Waals surface area contributed by atoms with Crippen LogP contribution in [0.15, 0.2) is 30.3 Å². The van der Waals surface area contributed by atoms with E-state index in [1.54, 1.807) is 6.92 Å². The molecule has 5 nitrogen and oxygen atoms in total. The summed E-state index contributed by atoms with van der Waals surface area (Å²) in [5.41, 5.74) is 6.63. The van der Waals surface area contributed by atoms with Crippen LogP contribution in [0.3, 0.4) is 0 Å². The molecule has 0 aliphatic rings. The van der Waals surface area contributed by atoms with Gasteiger partial charge in [0.2, 0.25) is 5.91 Å². The van der Waals surface area contributed by atoms with Crippen molar-refractivity contribution >= 4 is 11.9 Å². The van der Waals surface area contributed by atoms with Crippen LogP contribution in [0, 0.1) is 0 Å². The molecule has 2 N–H and O–H groups in total. The largest absolute Gasteiger partial charge is 0.467 e. The van der Waals surface area contributed by atoms with Gasteiger partial charge < -0.3 is 15.4 Å². The number of hydrogen-bond donors (Lipinski definition) is 1. The van der Waals surface area contributed by atoms with Crippen molar-refractivity contribution in [1.82, 2.24) is 4.90 Å². The molecule has 2 atom stereocenters. The minimum Gasteiger partial charge on any atom is -0.467 e. The first-order valence-corrected chi connectivity index (χ1v) is 6.69. The molecule has 0 bridgehead atoms. The molecular formula is C15H22N2O3. The number of amides is 1. The molecule has 1 rings (SSSR count). The van der Waals surface area contributed by atoms with Gasteiger partial charge >= 0.3 is 5.97 Å². The van der Waals surface area contributed by atoms with Gasteiger partial charge in [0.25, 0.3) is 0 Å². The highest BCUT2D eigenvalue weighted by Crippen LogP contribution is 2.13. The summed E-state index contributed by atoms with van der Waals surface area (Å²) in [6.45, 7) is 3.80. The molecule has 0 aliphatic carbocycles. The van der Waals surface area contributed by atoms with Crippen molar-refractivity contribution in [3.05, 3.63) is 35.9 Å². The minimum atomic E-state index is -0.655.